The maximum atomic E-state index is 13.4. The van der Waals surface area contributed by atoms with Crippen LogP contribution in [-0.2, 0) is 12.3 Å². The third-order valence-electron chi connectivity index (χ3n) is 5.48. The van der Waals surface area contributed by atoms with Gasteiger partial charge in [0.2, 0.25) is 11.7 Å². The minimum absolute atomic E-state index is 0.118. The fraction of sp³-hybridized carbons (Fsp3) is 0.154. The molecule has 36 heavy (non-hydrogen) atoms. The molecule has 10 heteroatoms. The van der Waals surface area contributed by atoms with Crippen molar-refractivity contribution in [1.29, 1.82) is 0 Å². The van der Waals surface area contributed by atoms with Gasteiger partial charge >= 0.3 is 0 Å². The van der Waals surface area contributed by atoms with Crippen molar-refractivity contribution in [3.05, 3.63) is 93.6 Å². The summed E-state index contributed by atoms with van der Waals surface area (Å²) in [6.45, 7) is 0.356. The number of hydrogen-bond donors (Lipinski definition) is 0. The van der Waals surface area contributed by atoms with E-state index in [9.17, 15) is 4.79 Å². The first-order valence-corrected chi connectivity index (χ1v) is 12.3. The second-order valence-electron chi connectivity index (χ2n) is 7.83. The fourth-order valence-corrected chi connectivity index (χ4v) is 4.63. The average Bonchev–Trinajstić information content (AvgIpc) is 3.39. The number of halogens is 1. The third-order valence-corrected chi connectivity index (χ3v) is 6.70. The van der Waals surface area contributed by atoms with Crippen LogP contribution in [-0.4, -0.2) is 33.9 Å². The first kappa shape index (κ1) is 23.9. The summed E-state index contributed by atoms with van der Waals surface area (Å²) in [5, 5.41) is 5.85. The highest BCUT2D eigenvalue weighted by Crippen LogP contribution is 2.29. The number of rotatable bonds is 8. The molecule has 0 aliphatic rings. The van der Waals surface area contributed by atoms with Gasteiger partial charge in [0, 0.05) is 16.7 Å². The van der Waals surface area contributed by atoms with Crippen molar-refractivity contribution in [3.63, 3.8) is 0 Å². The van der Waals surface area contributed by atoms with E-state index in [1.54, 1.807) is 55.2 Å². The lowest BCUT2D eigenvalue weighted by Crippen LogP contribution is -2.24. The molecule has 0 N–H and O–H groups in total. The largest absolute Gasteiger partial charge is 0.497 e. The predicted octanol–water partition coefficient (Wildman–Crippen LogP) is 5.46. The number of para-hydroxylation sites is 1. The zero-order chi connectivity index (χ0) is 25.1. The van der Waals surface area contributed by atoms with Gasteiger partial charge in [-0.25, -0.2) is 4.98 Å². The summed E-state index contributed by atoms with van der Waals surface area (Å²) in [7, 11) is 3.16. The molecule has 0 atom stereocenters. The van der Waals surface area contributed by atoms with E-state index in [1.807, 2.05) is 30.3 Å². The highest BCUT2D eigenvalue weighted by atomic mass is 35.5. The summed E-state index contributed by atoms with van der Waals surface area (Å²) in [5.41, 5.74) is 2.15. The Labute approximate surface area is 215 Å². The lowest BCUT2D eigenvalue weighted by Gasteiger charge is -2.13. The lowest BCUT2D eigenvalue weighted by molar-refractivity contribution is 0.390. The van der Waals surface area contributed by atoms with Gasteiger partial charge in [0.25, 0.3) is 5.56 Å². The SMILES string of the molecule is COc1cc(OC)cc(-c2noc(CSc3nc4ccccc4c(=O)n3Cc3ccc(Cl)cc3)n2)c1. The zero-order valence-corrected chi connectivity index (χ0v) is 21.0. The summed E-state index contributed by atoms with van der Waals surface area (Å²) in [6.07, 6.45) is 0. The van der Waals surface area contributed by atoms with Crippen molar-refractivity contribution < 1.29 is 14.0 Å². The van der Waals surface area contributed by atoms with E-state index in [-0.39, 0.29) is 5.56 Å². The van der Waals surface area contributed by atoms with Gasteiger partial charge < -0.3 is 14.0 Å². The first-order valence-electron chi connectivity index (χ1n) is 11.0. The Morgan fingerprint density at radius 2 is 1.69 bits per heavy atom. The average molecular weight is 521 g/mol. The fourth-order valence-electron chi connectivity index (χ4n) is 3.66. The Morgan fingerprint density at radius 1 is 0.972 bits per heavy atom. The number of nitrogens with zero attached hydrogens (tertiary/aromatic N) is 4. The Hall–Kier alpha value is -3.82. The van der Waals surface area contributed by atoms with E-state index in [4.69, 9.17) is 30.6 Å². The molecule has 182 valence electrons. The van der Waals surface area contributed by atoms with Crippen LogP contribution < -0.4 is 15.0 Å². The van der Waals surface area contributed by atoms with E-state index in [0.717, 1.165) is 5.56 Å². The molecule has 2 aromatic heterocycles. The predicted molar refractivity (Wildman–Crippen MR) is 139 cm³/mol. The Balaban J connectivity index is 1.44. The number of fused-ring (bicyclic) bond motifs is 1. The van der Waals surface area contributed by atoms with Crippen molar-refractivity contribution in [3.8, 4) is 22.9 Å². The van der Waals surface area contributed by atoms with Crippen LogP contribution in [0.2, 0.25) is 5.02 Å². The zero-order valence-electron chi connectivity index (χ0n) is 19.5. The van der Waals surface area contributed by atoms with Gasteiger partial charge in [-0.3, -0.25) is 9.36 Å². The summed E-state index contributed by atoms with van der Waals surface area (Å²) in [5.74, 6) is 2.39. The Bertz CT molecular complexity index is 1560. The molecular formula is C26H21ClN4O4S. The number of benzene rings is 3. The smallest absolute Gasteiger partial charge is 0.262 e. The third kappa shape index (κ3) is 5.07. The summed E-state index contributed by atoms with van der Waals surface area (Å²) >= 11 is 7.39. The molecule has 0 aliphatic heterocycles. The number of thioether (sulfide) groups is 1. The number of aromatic nitrogens is 4. The van der Waals surface area contributed by atoms with Gasteiger partial charge in [-0.2, -0.15) is 4.98 Å². The maximum absolute atomic E-state index is 13.4. The van der Waals surface area contributed by atoms with Crippen LogP contribution in [0.4, 0.5) is 0 Å². The molecule has 2 heterocycles. The van der Waals surface area contributed by atoms with Gasteiger partial charge in [-0.05, 0) is 42.0 Å². The van der Waals surface area contributed by atoms with Crippen molar-refractivity contribution in [2.45, 2.75) is 17.5 Å². The minimum atomic E-state index is -0.118. The van der Waals surface area contributed by atoms with E-state index in [1.165, 1.54) is 11.8 Å². The summed E-state index contributed by atoms with van der Waals surface area (Å²) in [4.78, 5) is 22.6. The van der Waals surface area contributed by atoms with Gasteiger partial charge in [0.05, 0.1) is 37.4 Å². The standard InChI is InChI=1S/C26H21ClN4O4S/c1-33-19-11-17(12-20(13-19)34-2)24-29-23(35-30-24)15-36-26-28-22-6-4-3-5-21(22)25(32)31(26)14-16-7-9-18(27)10-8-16/h3-13H,14-15H2,1-2H3. The molecule has 8 nitrogen and oxygen atoms in total. The number of methoxy groups -OCH3 is 2. The van der Waals surface area contributed by atoms with E-state index < -0.39 is 0 Å². The molecule has 0 unspecified atom stereocenters. The Kier molecular flexibility index (Phi) is 6.92. The van der Waals surface area contributed by atoms with E-state index in [2.05, 4.69) is 10.1 Å². The molecule has 0 saturated carbocycles. The molecule has 0 aliphatic carbocycles. The van der Waals surface area contributed by atoms with Crippen LogP contribution in [0, 0.1) is 0 Å². The van der Waals surface area contributed by atoms with Crippen molar-refractivity contribution in [1.82, 2.24) is 19.7 Å². The maximum Gasteiger partial charge on any atom is 0.262 e. The van der Waals surface area contributed by atoms with E-state index in [0.29, 0.717) is 62.2 Å². The van der Waals surface area contributed by atoms with Crippen molar-refractivity contribution in [2.24, 2.45) is 0 Å². The van der Waals surface area contributed by atoms with Gasteiger partial charge in [-0.15, -0.1) is 0 Å². The second kappa shape index (κ2) is 10.4. The number of ether oxygens (including phenoxy) is 2. The minimum Gasteiger partial charge on any atom is -0.497 e. The van der Waals surface area contributed by atoms with Crippen LogP contribution in [0.1, 0.15) is 11.5 Å². The molecule has 0 spiro atoms. The summed E-state index contributed by atoms with van der Waals surface area (Å²) < 4.78 is 17.8. The molecular weight excluding hydrogens is 500 g/mol. The molecule has 3 aromatic carbocycles. The molecule has 0 amide bonds. The lowest BCUT2D eigenvalue weighted by atomic mass is 10.2. The second-order valence-corrected chi connectivity index (χ2v) is 9.21. The topological polar surface area (TPSA) is 92.3 Å². The molecule has 0 bridgehead atoms. The van der Waals surface area contributed by atoms with Crippen LogP contribution in [0.5, 0.6) is 11.5 Å². The van der Waals surface area contributed by atoms with Gasteiger partial charge in [0.1, 0.15) is 11.5 Å². The van der Waals surface area contributed by atoms with Crippen molar-refractivity contribution >= 4 is 34.3 Å². The van der Waals surface area contributed by atoms with Crippen LogP contribution in [0.3, 0.4) is 0 Å². The van der Waals surface area contributed by atoms with E-state index >= 15 is 0 Å². The monoisotopic (exact) mass is 520 g/mol. The molecule has 0 saturated heterocycles. The van der Waals surface area contributed by atoms with Gasteiger partial charge in [-0.1, -0.05) is 52.8 Å². The first-order chi connectivity index (χ1) is 17.5. The highest BCUT2D eigenvalue weighted by molar-refractivity contribution is 7.98. The van der Waals surface area contributed by atoms with Crippen molar-refractivity contribution in [2.75, 3.05) is 14.2 Å². The van der Waals surface area contributed by atoms with Crippen LogP contribution >= 0.6 is 23.4 Å². The van der Waals surface area contributed by atoms with Crippen LogP contribution in [0.15, 0.2) is 81.2 Å². The number of hydrogen-bond acceptors (Lipinski definition) is 8. The summed E-state index contributed by atoms with van der Waals surface area (Å²) in [6, 6.07) is 20.1. The molecule has 0 radical (unpaired) electrons. The van der Waals surface area contributed by atoms with Gasteiger partial charge in [0.15, 0.2) is 5.16 Å². The molecule has 5 rings (SSSR count). The quantitative estimate of drug-likeness (QED) is 0.197. The highest BCUT2D eigenvalue weighted by Gasteiger charge is 2.16. The molecule has 0 fully saturated rings. The van der Waals surface area contributed by atoms with Crippen LogP contribution in [0.25, 0.3) is 22.3 Å². The Morgan fingerprint density at radius 3 is 2.42 bits per heavy atom. The molecule has 5 aromatic rings. The normalized spacial score (nSPS) is 11.1.